The molecule has 4 aromatic carbocycles. The Morgan fingerprint density at radius 2 is 1.41 bits per heavy atom. The van der Waals surface area contributed by atoms with E-state index in [0.29, 0.717) is 17.5 Å². The second-order valence-electron chi connectivity index (χ2n) is 14.7. The second-order valence-corrected chi connectivity index (χ2v) is 14.7. The van der Waals surface area contributed by atoms with Gasteiger partial charge in [0.05, 0.1) is 11.2 Å². The molecule has 0 saturated heterocycles. The molecule has 5 nitrogen and oxygen atoms in total. The number of fused-ring (bicyclic) bond motifs is 5. The molecule has 1 spiro atoms. The maximum Gasteiger partial charge on any atom is 0.223 e. The van der Waals surface area contributed by atoms with E-state index in [1.54, 1.807) is 0 Å². The van der Waals surface area contributed by atoms with Crippen molar-refractivity contribution >= 4 is 21.9 Å². The molecule has 0 saturated carbocycles. The smallest absolute Gasteiger partial charge is 0.223 e. The van der Waals surface area contributed by atoms with Crippen LogP contribution in [0.5, 0.6) is 17.5 Å². The number of aromatic nitrogens is 3. The molecule has 1 N–H and O–H groups in total. The second kappa shape index (κ2) is 11.7. The van der Waals surface area contributed by atoms with E-state index >= 15 is 0 Å². The van der Waals surface area contributed by atoms with Crippen LogP contribution < -0.4 is 4.74 Å². The van der Waals surface area contributed by atoms with Crippen molar-refractivity contribution < 1.29 is 30.9 Å². The first-order chi connectivity index (χ1) is 23.2. The first-order valence-corrected chi connectivity index (χ1v) is 16.7. The molecule has 0 fully saturated rings. The molecule has 0 bridgehead atoms. The zero-order chi connectivity index (χ0) is 32.6. The van der Waals surface area contributed by atoms with Gasteiger partial charge >= 0.3 is 0 Å². The summed E-state index contributed by atoms with van der Waals surface area (Å²) in [6.45, 7) is 6.66. The van der Waals surface area contributed by atoms with Crippen LogP contribution in [0.2, 0.25) is 0 Å². The van der Waals surface area contributed by atoms with E-state index < -0.39 is 0 Å². The number of nitrogens with zero attached hydrogens (tertiary/aromatic N) is 3. The molecule has 2 aliphatic rings. The average molecular weight is 822 g/mol. The molecular weight excluding hydrogens is 786 g/mol. The van der Waals surface area contributed by atoms with Gasteiger partial charge < -0.3 is 14.4 Å². The van der Waals surface area contributed by atoms with Gasteiger partial charge in [-0.3, -0.25) is 0 Å². The Morgan fingerprint density at radius 1 is 0.714 bits per heavy atom. The number of hydrogen-bond acceptors (Lipinski definition) is 4. The van der Waals surface area contributed by atoms with Crippen LogP contribution in [-0.4, -0.2) is 19.6 Å². The van der Waals surface area contributed by atoms with Gasteiger partial charge in [-0.1, -0.05) is 75.0 Å². The number of phenolic OH excluding ortho intramolecular Hbond substituents is 1. The molecular formula is C43H36N3O2Pt-. The molecule has 2 aliphatic carbocycles. The first kappa shape index (κ1) is 31.5. The van der Waals surface area contributed by atoms with Crippen LogP contribution >= 0.6 is 0 Å². The third kappa shape index (κ3) is 5.45. The molecule has 3 heterocycles. The van der Waals surface area contributed by atoms with Crippen molar-refractivity contribution in [3.05, 3.63) is 143 Å². The number of para-hydroxylation sites is 1. The Kier molecular flexibility index (Phi) is 7.53. The van der Waals surface area contributed by atoms with Crippen LogP contribution in [0.15, 0.2) is 109 Å². The summed E-state index contributed by atoms with van der Waals surface area (Å²) < 4.78 is 8.49. The molecule has 246 valence electrons. The van der Waals surface area contributed by atoms with E-state index in [-0.39, 0.29) is 37.6 Å². The third-order valence-electron chi connectivity index (χ3n) is 10.3. The third-order valence-corrected chi connectivity index (χ3v) is 10.3. The molecule has 0 radical (unpaired) electrons. The van der Waals surface area contributed by atoms with E-state index in [1.165, 1.54) is 27.8 Å². The van der Waals surface area contributed by atoms with Crippen LogP contribution in [0, 0.1) is 11.5 Å². The summed E-state index contributed by atoms with van der Waals surface area (Å²) in [5.74, 6) is 1.12. The standard InChI is InChI=1S/C43H36N3O2.Pt/c1-42(2,3)31-12-8-13-32(22-31)46-37-16-7-6-14-33(37)34-18-19-40(45-41(34)46)48-39-17-9-15-36(44-39)35-20-29-25-43(26-30(29)21-38(35)47)23-27-10-4-5-11-28(27)24-43;/h4-12,14-22,47H,23-26H2,1-3H3;/q-1;. The van der Waals surface area contributed by atoms with Crippen molar-refractivity contribution in [3.63, 3.8) is 0 Å². The zero-order valence-corrected chi connectivity index (χ0v) is 30.0. The van der Waals surface area contributed by atoms with Crippen LogP contribution in [0.1, 0.15) is 48.6 Å². The first-order valence-electron chi connectivity index (χ1n) is 16.7. The number of pyridine rings is 2. The summed E-state index contributed by atoms with van der Waals surface area (Å²) in [5.41, 5.74) is 11.1. The molecule has 6 heteroatoms. The molecule has 0 atom stereocenters. The maximum atomic E-state index is 11.2. The minimum atomic E-state index is -0.00194. The fraction of sp³-hybridized carbons (Fsp3) is 0.209. The van der Waals surface area contributed by atoms with E-state index in [0.717, 1.165) is 58.9 Å². The van der Waals surface area contributed by atoms with Gasteiger partial charge in [0.25, 0.3) is 0 Å². The SMILES string of the molecule is CC(C)(C)c1cc[c-]c(-n2c3ccccc3c3ccc(Oc4cccc(-c5cc6c(cc5O)CC5(Cc7ccccc7C5)C6)n4)nc32)c1.[Pt]. The number of hydrogen-bond donors (Lipinski definition) is 1. The minimum absolute atomic E-state index is 0. The van der Waals surface area contributed by atoms with Crippen molar-refractivity contribution in [1.82, 2.24) is 14.5 Å². The molecule has 0 unspecified atom stereocenters. The Morgan fingerprint density at radius 3 is 2.18 bits per heavy atom. The number of phenols is 1. The monoisotopic (exact) mass is 821 g/mol. The number of benzene rings is 4. The number of aromatic hydroxyl groups is 1. The van der Waals surface area contributed by atoms with Gasteiger partial charge in [-0.2, -0.15) is 28.7 Å². The fourth-order valence-electron chi connectivity index (χ4n) is 8.01. The topological polar surface area (TPSA) is 60.2 Å². The fourth-order valence-corrected chi connectivity index (χ4v) is 8.01. The zero-order valence-electron chi connectivity index (χ0n) is 27.7. The van der Waals surface area contributed by atoms with Gasteiger partial charge in [-0.25, -0.2) is 4.98 Å². The summed E-state index contributed by atoms with van der Waals surface area (Å²) in [6, 6.07) is 40.7. The molecule has 0 amide bonds. The predicted octanol–water partition coefficient (Wildman–Crippen LogP) is 9.72. The average Bonchev–Trinajstić information content (AvgIpc) is 3.72. The molecule has 9 rings (SSSR count). The van der Waals surface area contributed by atoms with Crippen molar-refractivity contribution in [1.29, 1.82) is 0 Å². The predicted molar refractivity (Wildman–Crippen MR) is 191 cm³/mol. The minimum Gasteiger partial charge on any atom is -0.507 e. The van der Waals surface area contributed by atoms with Crippen LogP contribution in [0.4, 0.5) is 0 Å². The van der Waals surface area contributed by atoms with Crippen LogP contribution in [0.3, 0.4) is 0 Å². The van der Waals surface area contributed by atoms with Crippen LogP contribution in [-0.2, 0) is 52.2 Å². The summed E-state index contributed by atoms with van der Waals surface area (Å²) in [6.07, 6.45) is 4.18. The van der Waals surface area contributed by atoms with Gasteiger partial charge in [0, 0.05) is 49.5 Å². The van der Waals surface area contributed by atoms with Gasteiger partial charge in [0.2, 0.25) is 11.8 Å². The van der Waals surface area contributed by atoms with E-state index in [1.807, 2.05) is 36.4 Å². The molecule has 7 aromatic rings. The van der Waals surface area contributed by atoms with Crippen molar-refractivity contribution in [2.75, 3.05) is 0 Å². The van der Waals surface area contributed by atoms with Gasteiger partial charge in [0.1, 0.15) is 11.4 Å². The summed E-state index contributed by atoms with van der Waals surface area (Å²) in [7, 11) is 0. The Hall–Kier alpha value is -4.73. The number of ether oxygens (including phenoxy) is 1. The number of rotatable bonds is 4. The van der Waals surface area contributed by atoms with Crippen LogP contribution in [0.25, 0.3) is 38.9 Å². The van der Waals surface area contributed by atoms with E-state index in [9.17, 15) is 5.11 Å². The molecule has 0 aliphatic heterocycles. The van der Waals surface area contributed by atoms with Crippen molar-refractivity contribution in [2.45, 2.75) is 51.9 Å². The van der Waals surface area contributed by atoms with Crippen molar-refractivity contribution in [2.24, 2.45) is 5.41 Å². The van der Waals surface area contributed by atoms with Gasteiger partial charge in [-0.05, 0) is 89.1 Å². The largest absolute Gasteiger partial charge is 0.507 e. The van der Waals surface area contributed by atoms with E-state index in [4.69, 9.17) is 14.7 Å². The Balaban J connectivity index is 0.00000348. The molecule has 3 aromatic heterocycles. The normalized spacial score (nSPS) is 14.6. The van der Waals surface area contributed by atoms with Gasteiger partial charge in [0.15, 0.2) is 0 Å². The Bertz CT molecular complexity index is 2380. The van der Waals surface area contributed by atoms with Gasteiger partial charge in [-0.15, -0.1) is 6.07 Å². The summed E-state index contributed by atoms with van der Waals surface area (Å²) in [4.78, 5) is 9.89. The summed E-state index contributed by atoms with van der Waals surface area (Å²) >= 11 is 0. The van der Waals surface area contributed by atoms with Crippen molar-refractivity contribution in [3.8, 4) is 34.5 Å². The van der Waals surface area contributed by atoms with E-state index in [2.05, 4.69) is 104 Å². The molecule has 49 heavy (non-hydrogen) atoms. The maximum absolute atomic E-state index is 11.2. The summed E-state index contributed by atoms with van der Waals surface area (Å²) in [5, 5.41) is 13.4. The Labute approximate surface area is 300 Å². The quantitative estimate of drug-likeness (QED) is 0.180.